The van der Waals surface area contributed by atoms with Gasteiger partial charge in [0.25, 0.3) is 0 Å². The van der Waals surface area contributed by atoms with Crippen molar-refractivity contribution >= 4 is 0 Å². The molecule has 2 nitrogen and oxygen atoms in total. The molecule has 1 N–H and O–H groups in total. The summed E-state index contributed by atoms with van der Waals surface area (Å²) in [5, 5.41) is 3.18. The fourth-order valence-corrected chi connectivity index (χ4v) is 3.84. The van der Waals surface area contributed by atoms with E-state index >= 15 is 0 Å². The standard InChI is InChI=1S/C19H26F6N2/c1-4-16-9-15(10-17(5-2)27(16)3)26-11-12-6-13(18(20,21)22)8-14(7-12)19(23,24)25/h6-8,15-17,26H,4-5,9-11H2,1-3H3. The number of halogens is 6. The van der Waals surface area contributed by atoms with E-state index < -0.39 is 23.5 Å². The van der Waals surface area contributed by atoms with Crippen molar-refractivity contribution in [2.24, 2.45) is 0 Å². The van der Waals surface area contributed by atoms with Crippen LogP contribution in [0.3, 0.4) is 0 Å². The van der Waals surface area contributed by atoms with Crippen LogP contribution in [-0.2, 0) is 18.9 Å². The van der Waals surface area contributed by atoms with Gasteiger partial charge in [0.1, 0.15) is 0 Å². The number of benzene rings is 1. The molecular formula is C19H26F6N2. The molecular weight excluding hydrogens is 370 g/mol. The summed E-state index contributed by atoms with van der Waals surface area (Å²) in [4.78, 5) is 2.32. The highest BCUT2D eigenvalue weighted by molar-refractivity contribution is 5.33. The maximum absolute atomic E-state index is 13.0. The summed E-state index contributed by atoms with van der Waals surface area (Å²) in [6.07, 6.45) is -6.07. The quantitative estimate of drug-likeness (QED) is 0.665. The molecule has 0 amide bonds. The Kier molecular flexibility index (Phi) is 6.84. The van der Waals surface area contributed by atoms with Gasteiger partial charge in [0.2, 0.25) is 0 Å². The SMILES string of the molecule is CCC1CC(NCc2cc(C(F)(F)F)cc(C(F)(F)F)c2)CC(CC)N1C. The maximum atomic E-state index is 13.0. The van der Waals surface area contributed by atoms with Crippen LogP contribution in [0, 0.1) is 0 Å². The van der Waals surface area contributed by atoms with Crippen LogP contribution in [0.2, 0.25) is 0 Å². The molecule has 2 rings (SSSR count). The Labute approximate surface area is 155 Å². The van der Waals surface area contributed by atoms with Crippen LogP contribution in [0.15, 0.2) is 18.2 Å². The molecule has 0 spiro atoms. The number of hydrogen-bond acceptors (Lipinski definition) is 2. The predicted octanol–water partition coefficient (Wildman–Crippen LogP) is 5.47. The van der Waals surface area contributed by atoms with Crippen molar-refractivity contribution in [1.29, 1.82) is 0 Å². The third-order valence-corrected chi connectivity index (χ3v) is 5.45. The van der Waals surface area contributed by atoms with Gasteiger partial charge >= 0.3 is 12.4 Å². The molecule has 27 heavy (non-hydrogen) atoms. The fraction of sp³-hybridized carbons (Fsp3) is 0.684. The summed E-state index contributed by atoms with van der Waals surface area (Å²) >= 11 is 0. The van der Waals surface area contributed by atoms with Gasteiger partial charge in [-0.1, -0.05) is 13.8 Å². The summed E-state index contributed by atoms with van der Waals surface area (Å²) in [6, 6.07) is 2.54. The fourth-order valence-electron chi connectivity index (χ4n) is 3.84. The van der Waals surface area contributed by atoms with E-state index in [0.717, 1.165) is 37.8 Å². The Bertz CT molecular complexity index is 579. The van der Waals surface area contributed by atoms with Crippen LogP contribution in [0.5, 0.6) is 0 Å². The molecule has 8 heteroatoms. The minimum absolute atomic E-state index is 0.00262. The Morgan fingerprint density at radius 1 is 0.889 bits per heavy atom. The molecule has 2 unspecified atom stereocenters. The minimum atomic E-state index is -4.82. The zero-order valence-electron chi connectivity index (χ0n) is 15.7. The first-order valence-corrected chi connectivity index (χ1v) is 9.19. The van der Waals surface area contributed by atoms with Gasteiger partial charge in [0, 0.05) is 24.7 Å². The van der Waals surface area contributed by atoms with E-state index in [1.165, 1.54) is 0 Å². The number of piperidine rings is 1. The van der Waals surface area contributed by atoms with Gasteiger partial charge in [0.05, 0.1) is 11.1 Å². The summed E-state index contributed by atoms with van der Waals surface area (Å²) in [5.74, 6) is 0. The summed E-state index contributed by atoms with van der Waals surface area (Å²) < 4.78 is 77.8. The lowest BCUT2D eigenvalue weighted by molar-refractivity contribution is -0.143. The van der Waals surface area contributed by atoms with Crippen molar-refractivity contribution in [2.75, 3.05) is 7.05 Å². The Morgan fingerprint density at radius 3 is 1.70 bits per heavy atom. The van der Waals surface area contributed by atoms with Crippen molar-refractivity contribution in [3.8, 4) is 0 Å². The highest BCUT2D eigenvalue weighted by atomic mass is 19.4. The van der Waals surface area contributed by atoms with Gasteiger partial charge in [-0.3, -0.25) is 0 Å². The average Bonchev–Trinajstić information content (AvgIpc) is 2.59. The van der Waals surface area contributed by atoms with Crippen LogP contribution in [0.4, 0.5) is 26.3 Å². The minimum Gasteiger partial charge on any atom is -0.310 e. The van der Waals surface area contributed by atoms with Gasteiger partial charge < -0.3 is 10.2 Å². The predicted molar refractivity (Wildman–Crippen MR) is 92.2 cm³/mol. The molecule has 1 saturated heterocycles. The number of hydrogen-bond donors (Lipinski definition) is 1. The second-order valence-corrected chi connectivity index (χ2v) is 7.25. The lowest BCUT2D eigenvalue weighted by Gasteiger charge is -2.43. The first-order valence-electron chi connectivity index (χ1n) is 9.19. The number of alkyl halides is 6. The zero-order valence-corrected chi connectivity index (χ0v) is 15.7. The van der Waals surface area contributed by atoms with Gasteiger partial charge in [-0.2, -0.15) is 26.3 Å². The molecule has 1 aliphatic rings. The smallest absolute Gasteiger partial charge is 0.310 e. The highest BCUT2D eigenvalue weighted by Gasteiger charge is 2.37. The lowest BCUT2D eigenvalue weighted by Crippen LogP contribution is -2.51. The monoisotopic (exact) mass is 396 g/mol. The second kappa shape index (κ2) is 8.39. The second-order valence-electron chi connectivity index (χ2n) is 7.25. The maximum Gasteiger partial charge on any atom is 0.416 e. The van der Waals surface area contributed by atoms with E-state index in [1.54, 1.807) is 0 Å². The third-order valence-electron chi connectivity index (χ3n) is 5.45. The molecule has 1 fully saturated rings. The van der Waals surface area contributed by atoms with Gasteiger partial charge in [-0.05, 0) is 56.5 Å². The third kappa shape index (κ3) is 5.60. The van der Waals surface area contributed by atoms with E-state index in [0.29, 0.717) is 12.1 Å². The molecule has 1 aliphatic heterocycles. The van der Waals surface area contributed by atoms with E-state index in [-0.39, 0.29) is 24.2 Å². The van der Waals surface area contributed by atoms with Crippen LogP contribution in [0.25, 0.3) is 0 Å². The number of nitrogens with one attached hydrogen (secondary N) is 1. The molecule has 1 aromatic carbocycles. The van der Waals surface area contributed by atoms with Crippen molar-refractivity contribution in [1.82, 2.24) is 10.2 Å². The van der Waals surface area contributed by atoms with Gasteiger partial charge in [0.15, 0.2) is 0 Å². The van der Waals surface area contributed by atoms with Crippen LogP contribution >= 0.6 is 0 Å². The zero-order chi connectivity index (χ0) is 20.4. The Morgan fingerprint density at radius 2 is 1.33 bits per heavy atom. The van der Waals surface area contributed by atoms with E-state index in [4.69, 9.17) is 0 Å². The molecule has 2 atom stereocenters. The topological polar surface area (TPSA) is 15.3 Å². The normalized spacial score (nSPS) is 25.0. The molecule has 1 heterocycles. The Hall–Kier alpha value is -1.28. The lowest BCUT2D eigenvalue weighted by atomic mass is 9.89. The summed E-state index contributed by atoms with van der Waals surface area (Å²) in [6.45, 7) is 4.14. The first-order chi connectivity index (χ1) is 12.5. The van der Waals surface area contributed by atoms with Crippen molar-refractivity contribution in [2.45, 2.75) is 76.6 Å². The van der Waals surface area contributed by atoms with Gasteiger partial charge in [-0.25, -0.2) is 0 Å². The molecule has 154 valence electrons. The summed E-state index contributed by atoms with van der Waals surface area (Å²) in [7, 11) is 2.07. The number of nitrogens with zero attached hydrogens (tertiary/aromatic N) is 1. The Balaban J connectivity index is 2.17. The van der Waals surface area contributed by atoms with Crippen molar-refractivity contribution in [3.63, 3.8) is 0 Å². The summed E-state index contributed by atoms with van der Waals surface area (Å²) in [5.41, 5.74) is -2.54. The number of rotatable bonds is 5. The molecule has 0 aromatic heterocycles. The first kappa shape index (κ1) is 22.0. The van der Waals surface area contributed by atoms with Gasteiger partial charge in [-0.15, -0.1) is 0 Å². The molecule has 0 saturated carbocycles. The van der Waals surface area contributed by atoms with Crippen LogP contribution in [-0.4, -0.2) is 30.1 Å². The molecule has 0 bridgehead atoms. The molecule has 0 radical (unpaired) electrons. The van der Waals surface area contributed by atoms with E-state index in [1.807, 2.05) is 0 Å². The molecule has 0 aliphatic carbocycles. The van der Waals surface area contributed by atoms with Crippen LogP contribution < -0.4 is 5.32 Å². The molecule has 1 aromatic rings. The number of likely N-dealkylation sites (tertiary alicyclic amines) is 1. The average molecular weight is 396 g/mol. The largest absolute Gasteiger partial charge is 0.416 e. The van der Waals surface area contributed by atoms with Crippen molar-refractivity contribution in [3.05, 3.63) is 34.9 Å². The van der Waals surface area contributed by atoms with Crippen molar-refractivity contribution < 1.29 is 26.3 Å². The van der Waals surface area contributed by atoms with Crippen LogP contribution in [0.1, 0.15) is 56.2 Å². The highest BCUT2D eigenvalue weighted by Crippen LogP contribution is 2.36. The van der Waals surface area contributed by atoms with E-state index in [9.17, 15) is 26.3 Å². The van der Waals surface area contributed by atoms with E-state index in [2.05, 4.69) is 31.1 Å².